The van der Waals surface area contributed by atoms with Crippen molar-refractivity contribution < 1.29 is 9.90 Å². The van der Waals surface area contributed by atoms with Crippen LogP contribution in [0, 0.1) is 5.41 Å². The molecule has 0 bridgehead atoms. The molecule has 0 radical (unpaired) electrons. The maximum atomic E-state index is 11.0. The number of carboxylic acids is 1. The molecule has 0 aliphatic heterocycles. The van der Waals surface area contributed by atoms with Crippen molar-refractivity contribution >= 4 is 11.7 Å². The van der Waals surface area contributed by atoms with Gasteiger partial charge in [-0.15, -0.1) is 0 Å². The molecule has 1 N–H and O–H groups in total. The number of hydrogen-bond acceptors (Lipinski definition) is 3. The fourth-order valence-corrected chi connectivity index (χ4v) is 1.73. The topological polar surface area (TPSA) is 53.4 Å². The lowest BCUT2D eigenvalue weighted by Gasteiger charge is -2.22. The lowest BCUT2D eigenvalue weighted by molar-refractivity contribution is -0.142. The summed E-state index contributed by atoms with van der Waals surface area (Å²) in [4.78, 5) is 16.9. The Kier molecular flexibility index (Phi) is 2.34. The number of hydrogen-bond donors (Lipinski definition) is 1. The van der Waals surface area contributed by atoms with Crippen LogP contribution in [0.3, 0.4) is 0 Å². The van der Waals surface area contributed by atoms with Crippen LogP contribution in [-0.2, 0) is 4.79 Å². The summed E-state index contributed by atoms with van der Waals surface area (Å²) in [6, 6.07) is 3.77. The monoisotopic (exact) mass is 206 g/mol. The highest BCUT2D eigenvalue weighted by atomic mass is 16.4. The fourth-order valence-electron chi connectivity index (χ4n) is 1.73. The van der Waals surface area contributed by atoms with Gasteiger partial charge in [0.15, 0.2) is 0 Å². The van der Waals surface area contributed by atoms with E-state index in [0.717, 1.165) is 18.5 Å². The molecule has 0 spiro atoms. The van der Waals surface area contributed by atoms with E-state index >= 15 is 0 Å². The van der Waals surface area contributed by atoms with Crippen molar-refractivity contribution in [2.24, 2.45) is 5.41 Å². The molecule has 4 nitrogen and oxygen atoms in total. The quantitative estimate of drug-likeness (QED) is 0.808. The lowest BCUT2D eigenvalue weighted by atomic mass is 10.1. The Morgan fingerprint density at radius 2 is 2.13 bits per heavy atom. The predicted octanol–water partition coefficient (Wildman–Crippen LogP) is 1.38. The van der Waals surface area contributed by atoms with E-state index in [4.69, 9.17) is 5.11 Å². The number of anilines is 1. The molecule has 2 rings (SSSR count). The first-order valence-corrected chi connectivity index (χ1v) is 4.99. The van der Waals surface area contributed by atoms with Crippen LogP contribution in [0.5, 0.6) is 0 Å². The van der Waals surface area contributed by atoms with Crippen LogP contribution in [0.4, 0.5) is 5.69 Å². The Bertz CT molecular complexity index is 360. The average Bonchev–Trinajstić information content (AvgIpc) is 3.00. The molecule has 1 aliphatic carbocycles. The molecular formula is C11H14N2O2. The molecule has 1 fully saturated rings. The average molecular weight is 206 g/mol. The van der Waals surface area contributed by atoms with Gasteiger partial charge in [0.1, 0.15) is 0 Å². The van der Waals surface area contributed by atoms with E-state index in [0.29, 0.717) is 6.54 Å². The van der Waals surface area contributed by atoms with Crippen molar-refractivity contribution in [2.45, 2.75) is 12.8 Å². The zero-order chi connectivity index (χ0) is 10.9. The molecule has 0 saturated heterocycles. The number of carboxylic acid groups (broad SMARTS) is 1. The Hall–Kier alpha value is -1.58. The molecule has 1 heterocycles. The van der Waals surface area contributed by atoms with Gasteiger partial charge in [-0.05, 0) is 25.0 Å². The van der Waals surface area contributed by atoms with Gasteiger partial charge in [0.25, 0.3) is 0 Å². The number of pyridine rings is 1. The highest BCUT2D eigenvalue weighted by Crippen LogP contribution is 2.46. The van der Waals surface area contributed by atoms with Crippen molar-refractivity contribution in [1.29, 1.82) is 0 Å². The minimum Gasteiger partial charge on any atom is -0.481 e. The molecule has 0 aromatic carbocycles. The van der Waals surface area contributed by atoms with Crippen LogP contribution in [-0.4, -0.2) is 29.7 Å². The standard InChI is InChI=1S/C11H14N2O2/c1-13(9-2-6-12-7-3-9)8-11(4-5-11)10(14)15/h2-3,6-7H,4-5,8H2,1H3,(H,14,15). The van der Waals surface area contributed by atoms with E-state index in [1.165, 1.54) is 0 Å². The zero-order valence-corrected chi connectivity index (χ0v) is 8.68. The summed E-state index contributed by atoms with van der Waals surface area (Å²) < 4.78 is 0. The van der Waals surface area contributed by atoms with Gasteiger partial charge in [-0.2, -0.15) is 0 Å². The second kappa shape index (κ2) is 3.53. The van der Waals surface area contributed by atoms with Gasteiger partial charge < -0.3 is 10.0 Å². The summed E-state index contributed by atoms with van der Waals surface area (Å²) in [6.07, 6.45) is 5.01. The maximum Gasteiger partial charge on any atom is 0.311 e. The summed E-state index contributed by atoms with van der Waals surface area (Å²) in [5.74, 6) is -0.677. The van der Waals surface area contributed by atoms with E-state index in [1.807, 2.05) is 24.1 Å². The maximum absolute atomic E-state index is 11.0. The number of carbonyl (C=O) groups is 1. The van der Waals surface area contributed by atoms with Gasteiger partial charge in [-0.25, -0.2) is 0 Å². The summed E-state index contributed by atoms with van der Waals surface area (Å²) in [6.45, 7) is 0.576. The molecule has 15 heavy (non-hydrogen) atoms. The molecular weight excluding hydrogens is 192 g/mol. The van der Waals surface area contributed by atoms with Crippen LogP contribution < -0.4 is 4.90 Å². The molecule has 1 aliphatic rings. The smallest absolute Gasteiger partial charge is 0.311 e. The Labute approximate surface area is 88.6 Å². The van der Waals surface area contributed by atoms with E-state index in [1.54, 1.807) is 12.4 Å². The molecule has 0 unspecified atom stereocenters. The Morgan fingerprint density at radius 1 is 1.53 bits per heavy atom. The summed E-state index contributed by atoms with van der Waals surface area (Å²) in [5, 5.41) is 9.06. The molecule has 0 atom stereocenters. The van der Waals surface area contributed by atoms with Crippen LogP contribution in [0.2, 0.25) is 0 Å². The van der Waals surface area contributed by atoms with Crippen LogP contribution in [0.1, 0.15) is 12.8 Å². The van der Waals surface area contributed by atoms with Crippen LogP contribution in [0.15, 0.2) is 24.5 Å². The highest BCUT2D eigenvalue weighted by molar-refractivity contribution is 5.78. The summed E-state index contributed by atoms with van der Waals surface area (Å²) in [5.41, 5.74) is 0.510. The highest BCUT2D eigenvalue weighted by Gasteiger charge is 2.50. The van der Waals surface area contributed by atoms with Gasteiger partial charge in [-0.1, -0.05) is 0 Å². The first-order valence-electron chi connectivity index (χ1n) is 4.99. The van der Waals surface area contributed by atoms with Gasteiger partial charge in [0.05, 0.1) is 5.41 Å². The molecule has 4 heteroatoms. The largest absolute Gasteiger partial charge is 0.481 e. The minimum absolute atomic E-state index is 0.502. The zero-order valence-electron chi connectivity index (χ0n) is 8.68. The Morgan fingerprint density at radius 3 is 2.60 bits per heavy atom. The first-order chi connectivity index (χ1) is 7.14. The van der Waals surface area contributed by atoms with E-state index in [-0.39, 0.29) is 0 Å². The van der Waals surface area contributed by atoms with E-state index < -0.39 is 11.4 Å². The van der Waals surface area contributed by atoms with Crippen molar-refractivity contribution in [3.05, 3.63) is 24.5 Å². The second-order valence-electron chi connectivity index (χ2n) is 4.15. The van der Waals surface area contributed by atoms with E-state index in [2.05, 4.69) is 4.98 Å². The SMILES string of the molecule is CN(CC1(C(=O)O)CC1)c1ccncc1. The molecule has 80 valence electrons. The van der Waals surface area contributed by atoms with Gasteiger partial charge in [-0.3, -0.25) is 9.78 Å². The number of nitrogens with zero attached hydrogens (tertiary/aromatic N) is 2. The number of aromatic nitrogens is 1. The third-order valence-corrected chi connectivity index (χ3v) is 2.95. The fraction of sp³-hybridized carbons (Fsp3) is 0.455. The van der Waals surface area contributed by atoms with Gasteiger partial charge in [0, 0.05) is 31.7 Å². The van der Waals surface area contributed by atoms with Gasteiger partial charge >= 0.3 is 5.97 Å². The number of rotatable bonds is 4. The molecule has 1 saturated carbocycles. The normalized spacial score (nSPS) is 17.1. The summed E-state index contributed by atoms with van der Waals surface area (Å²) >= 11 is 0. The summed E-state index contributed by atoms with van der Waals surface area (Å²) in [7, 11) is 1.92. The van der Waals surface area contributed by atoms with E-state index in [9.17, 15) is 4.79 Å². The van der Waals surface area contributed by atoms with Crippen molar-refractivity contribution in [3.8, 4) is 0 Å². The first kappa shape index (κ1) is 9.96. The Balaban J connectivity index is 2.05. The van der Waals surface area contributed by atoms with Crippen LogP contribution in [0.25, 0.3) is 0 Å². The van der Waals surface area contributed by atoms with Crippen molar-refractivity contribution in [1.82, 2.24) is 4.98 Å². The molecule has 1 aromatic heterocycles. The molecule has 0 amide bonds. The second-order valence-corrected chi connectivity index (χ2v) is 4.15. The molecule has 1 aromatic rings. The number of aliphatic carboxylic acids is 1. The lowest BCUT2D eigenvalue weighted by Crippen LogP contribution is -2.31. The minimum atomic E-state index is -0.677. The third kappa shape index (κ3) is 1.93. The van der Waals surface area contributed by atoms with Gasteiger partial charge in [0.2, 0.25) is 0 Å². The van der Waals surface area contributed by atoms with Crippen LogP contribution >= 0.6 is 0 Å². The van der Waals surface area contributed by atoms with Crippen molar-refractivity contribution in [2.75, 3.05) is 18.5 Å². The van der Waals surface area contributed by atoms with Crippen molar-refractivity contribution in [3.63, 3.8) is 0 Å². The predicted molar refractivity (Wildman–Crippen MR) is 56.8 cm³/mol. The third-order valence-electron chi connectivity index (χ3n) is 2.95.